The highest BCUT2D eigenvalue weighted by atomic mass is 16.5. The molecule has 1 aliphatic heterocycles. The van der Waals surface area contributed by atoms with Crippen LogP contribution in [0.25, 0.3) is 0 Å². The smallest absolute Gasteiger partial charge is 0.225 e. The molecule has 3 rings (SSSR count). The van der Waals surface area contributed by atoms with Gasteiger partial charge in [0.1, 0.15) is 11.4 Å². The summed E-state index contributed by atoms with van der Waals surface area (Å²) in [5, 5.41) is 6.88. The third-order valence-electron chi connectivity index (χ3n) is 5.60. The van der Waals surface area contributed by atoms with Crippen LogP contribution in [0.5, 0.6) is 5.75 Å². The van der Waals surface area contributed by atoms with Gasteiger partial charge in [0, 0.05) is 44.2 Å². The molecular formula is C23H36N4O2. The van der Waals surface area contributed by atoms with Crippen LogP contribution in [-0.4, -0.2) is 48.5 Å². The summed E-state index contributed by atoms with van der Waals surface area (Å²) in [5.41, 5.74) is 0.852. The molecule has 6 nitrogen and oxygen atoms in total. The lowest BCUT2D eigenvalue weighted by Crippen LogP contribution is -2.45. The molecule has 29 heavy (non-hydrogen) atoms. The molecule has 2 N–H and O–H groups in total. The average Bonchev–Trinajstić information content (AvgIpc) is 3.36. The molecule has 0 radical (unpaired) electrons. The van der Waals surface area contributed by atoms with Crippen molar-refractivity contribution in [2.45, 2.75) is 71.1 Å². The van der Waals surface area contributed by atoms with Gasteiger partial charge in [-0.2, -0.15) is 0 Å². The number of hydrogen-bond acceptors (Lipinski definition) is 3. The molecule has 1 atom stereocenters. The maximum absolute atomic E-state index is 12.6. The fourth-order valence-electron chi connectivity index (χ4n) is 4.16. The number of guanidine groups is 1. The zero-order chi connectivity index (χ0) is 20.9. The van der Waals surface area contributed by atoms with Gasteiger partial charge in [0.25, 0.3) is 0 Å². The second-order valence-electron chi connectivity index (χ2n) is 9.14. The molecule has 1 aliphatic carbocycles. The van der Waals surface area contributed by atoms with Gasteiger partial charge in [-0.3, -0.25) is 9.79 Å². The molecule has 0 bridgehead atoms. The molecule has 0 aromatic heterocycles. The summed E-state index contributed by atoms with van der Waals surface area (Å²) < 4.78 is 6.08. The number of likely N-dealkylation sites (tertiary alicyclic amines) is 1. The Balaban J connectivity index is 1.51. The molecule has 1 aromatic carbocycles. The van der Waals surface area contributed by atoms with Crippen molar-refractivity contribution in [3.8, 4) is 5.75 Å². The van der Waals surface area contributed by atoms with Gasteiger partial charge in [0.15, 0.2) is 5.96 Å². The van der Waals surface area contributed by atoms with E-state index in [1.54, 1.807) is 7.05 Å². The van der Waals surface area contributed by atoms with Gasteiger partial charge >= 0.3 is 0 Å². The Morgan fingerprint density at radius 3 is 2.62 bits per heavy atom. The van der Waals surface area contributed by atoms with E-state index in [2.05, 4.69) is 42.5 Å². The monoisotopic (exact) mass is 400 g/mol. The number of carbonyl (C=O) groups excluding carboxylic acids is 1. The summed E-state index contributed by atoms with van der Waals surface area (Å²) in [6, 6.07) is 8.33. The number of amides is 1. The van der Waals surface area contributed by atoms with Crippen molar-refractivity contribution in [1.29, 1.82) is 0 Å². The Labute approximate surface area is 175 Å². The molecule has 6 heteroatoms. The third-order valence-corrected chi connectivity index (χ3v) is 5.60. The van der Waals surface area contributed by atoms with Crippen LogP contribution in [-0.2, 0) is 11.3 Å². The molecule has 0 spiro atoms. The van der Waals surface area contributed by atoms with Crippen LogP contribution in [0.3, 0.4) is 0 Å². The van der Waals surface area contributed by atoms with Crippen LogP contribution in [0, 0.1) is 5.92 Å². The van der Waals surface area contributed by atoms with Crippen LogP contribution >= 0.6 is 0 Å². The minimum absolute atomic E-state index is 0.241. The van der Waals surface area contributed by atoms with E-state index >= 15 is 0 Å². The lowest BCUT2D eigenvalue weighted by molar-refractivity contribution is -0.134. The number of nitrogens with one attached hydrogen (secondary N) is 2. The average molecular weight is 401 g/mol. The highest BCUT2D eigenvalue weighted by molar-refractivity contribution is 5.81. The number of carbonyl (C=O) groups is 1. The van der Waals surface area contributed by atoms with Crippen LogP contribution < -0.4 is 15.4 Å². The number of nitrogens with zero attached hydrogens (tertiary/aromatic N) is 2. The van der Waals surface area contributed by atoms with Crippen molar-refractivity contribution in [2.75, 3.05) is 20.1 Å². The summed E-state index contributed by atoms with van der Waals surface area (Å²) in [5.74, 6) is 2.25. The summed E-state index contributed by atoms with van der Waals surface area (Å²) in [6.07, 6.45) is 5.48. The number of rotatable bonds is 5. The number of benzene rings is 1. The van der Waals surface area contributed by atoms with Crippen molar-refractivity contribution >= 4 is 11.9 Å². The third kappa shape index (κ3) is 6.12. The molecule has 1 aromatic rings. The van der Waals surface area contributed by atoms with E-state index in [0.717, 1.165) is 49.6 Å². The minimum Gasteiger partial charge on any atom is -0.488 e. The summed E-state index contributed by atoms with van der Waals surface area (Å²) in [7, 11) is 1.78. The lowest BCUT2D eigenvalue weighted by atomic mass is 10.1. The molecule has 1 amide bonds. The van der Waals surface area contributed by atoms with Crippen molar-refractivity contribution in [2.24, 2.45) is 10.9 Å². The zero-order valence-corrected chi connectivity index (χ0v) is 18.3. The minimum atomic E-state index is -0.241. The first-order valence-corrected chi connectivity index (χ1v) is 10.9. The number of hydrogen-bond donors (Lipinski definition) is 2. The number of para-hydroxylation sites is 1. The maximum Gasteiger partial charge on any atom is 0.225 e. The van der Waals surface area contributed by atoms with Gasteiger partial charge in [-0.05, 0) is 46.1 Å². The topological polar surface area (TPSA) is 66.0 Å². The predicted molar refractivity (Wildman–Crippen MR) is 117 cm³/mol. The summed E-state index contributed by atoms with van der Waals surface area (Å²) in [6.45, 7) is 8.39. The van der Waals surface area contributed by atoms with Gasteiger partial charge in [0.2, 0.25) is 5.91 Å². The van der Waals surface area contributed by atoms with Crippen LogP contribution in [0.4, 0.5) is 0 Å². The van der Waals surface area contributed by atoms with E-state index in [4.69, 9.17) is 4.74 Å². The lowest BCUT2D eigenvalue weighted by Gasteiger charge is -2.24. The van der Waals surface area contributed by atoms with E-state index < -0.39 is 0 Å². The molecular weight excluding hydrogens is 364 g/mol. The summed E-state index contributed by atoms with van der Waals surface area (Å²) in [4.78, 5) is 19.1. The van der Waals surface area contributed by atoms with Crippen molar-refractivity contribution < 1.29 is 9.53 Å². The SMILES string of the molecule is CN=C(NCc1ccccc1OC(C)(C)C)NC1CCN(C(=O)C2CCCC2)C1. The van der Waals surface area contributed by atoms with Gasteiger partial charge in [0.05, 0.1) is 0 Å². The second kappa shape index (κ2) is 9.51. The first kappa shape index (κ1) is 21.5. The Morgan fingerprint density at radius 1 is 1.21 bits per heavy atom. The molecule has 2 fully saturated rings. The maximum atomic E-state index is 12.6. The molecule has 1 saturated heterocycles. The zero-order valence-electron chi connectivity index (χ0n) is 18.3. The van der Waals surface area contributed by atoms with Gasteiger partial charge in [-0.1, -0.05) is 31.0 Å². The predicted octanol–water partition coefficient (Wildman–Crippen LogP) is 3.32. The van der Waals surface area contributed by atoms with Crippen molar-refractivity contribution in [3.63, 3.8) is 0 Å². The fourth-order valence-corrected chi connectivity index (χ4v) is 4.16. The van der Waals surface area contributed by atoms with E-state index in [1.165, 1.54) is 12.8 Å². The first-order valence-electron chi connectivity index (χ1n) is 10.9. The van der Waals surface area contributed by atoms with Gasteiger partial charge in [-0.25, -0.2) is 0 Å². The molecule has 160 valence electrons. The Bertz CT molecular complexity index is 720. The van der Waals surface area contributed by atoms with Crippen LogP contribution in [0.15, 0.2) is 29.3 Å². The van der Waals surface area contributed by atoms with E-state index in [-0.39, 0.29) is 17.6 Å². The number of aliphatic imine (C=N–C) groups is 1. The Kier molecular flexibility index (Phi) is 7.04. The van der Waals surface area contributed by atoms with Gasteiger partial charge in [-0.15, -0.1) is 0 Å². The van der Waals surface area contributed by atoms with Crippen molar-refractivity contribution in [3.05, 3.63) is 29.8 Å². The first-order chi connectivity index (χ1) is 13.9. The molecule has 1 heterocycles. The largest absolute Gasteiger partial charge is 0.488 e. The Morgan fingerprint density at radius 2 is 1.93 bits per heavy atom. The fraction of sp³-hybridized carbons (Fsp3) is 0.652. The highest BCUT2D eigenvalue weighted by Gasteiger charge is 2.32. The summed E-state index contributed by atoms with van der Waals surface area (Å²) >= 11 is 0. The van der Waals surface area contributed by atoms with E-state index in [9.17, 15) is 4.79 Å². The normalized spacial score (nSPS) is 20.8. The number of ether oxygens (including phenoxy) is 1. The molecule has 1 unspecified atom stereocenters. The van der Waals surface area contributed by atoms with Crippen LogP contribution in [0.1, 0.15) is 58.4 Å². The van der Waals surface area contributed by atoms with Crippen LogP contribution in [0.2, 0.25) is 0 Å². The molecule has 2 aliphatic rings. The quantitative estimate of drug-likeness (QED) is 0.588. The van der Waals surface area contributed by atoms with Crippen molar-refractivity contribution in [1.82, 2.24) is 15.5 Å². The second-order valence-corrected chi connectivity index (χ2v) is 9.14. The van der Waals surface area contributed by atoms with Gasteiger partial charge < -0.3 is 20.3 Å². The van der Waals surface area contributed by atoms with E-state index in [0.29, 0.717) is 12.5 Å². The Hall–Kier alpha value is -2.24. The van der Waals surface area contributed by atoms with E-state index in [1.807, 2.05) is 23.1 Å². The standard InChI is InChI=1S/C23H36N4O2/c1-23(2,3)29-20-12-8-7-11-18(20)15-25-22(24-4)26-19-13-14-27(16-19)21(28)17-9-5-6-10-17/h7-8,11-12,17,19H,5-6,9-10,13-16H2,1-4H3,(H2,24,25,26). The highest BCUT2D eigenvalue weighted by Crippen LogP contribution is 2.28. The molecule has 1 saturated carbocycles.